The van der Waals surface area contributed by atoms with Crippen molar-refractivity contribution < 1.29 is 4.79 Å². The summed E-state index contributed by atoms with van der Waals surface area (Å²) in [6.07, 6.45) is 2.77. The highest BCUT2D eigenvalue weighted by Gasteiger charge is 2.27. The highest BCUT2D eigenvalue weighted by Crippen LogP contribution is 2.24. The predicted octanol–water partition coefficient (Wildman–Crippen LogP) is 1.91. The lowest BCUT2D eigenvalue weighted by molar-refractivity contribution is -0.125. The number of hydrogen-bond donors (Lipinski definition) is 2. The monoisotopic (exact) mass is 260 g/mol. The Morgan fingerprint density at radius 2 is 2.38 bits per heavy atom. The number of rotatable bonds is 3. The second kappa shape index (κ2) is 6.23. The quantitative estimate of drug-likeness (QED) is 0.872. The van der Waals surface area contributed by atoms with Crippen LogP contribution >= 0.6 is 23.7 Å². The number of amides is 1. The Morgan fingerprint density at radius 1 is 1.56 bits per heavy atom. The van der Waals surface area contributed by atoms with E-state index in [2.05, 4.69) is 10.7 Å². The van der Waals surface area contributed by atoms with Gasteiger partial charge in [0.1, 0.15) is 0 Å². The molecule has 1 heterocycles. The molecule has 0 saturated heterocycles. The van der Waals surface area contributed by atoms with Crippen molar-refractivity contribution in [2.75, 3.05) is 0 Å². The van der Waals surface area contributed by atoms with Crippen molar-refractivity contribution in [3.63, 3.8) is 0 Å². The van der Waals surface area contributed by atoms with Crippen LogP contribution in [0.4, 0.5) is 0 Å². The fourth-order valence-corrected chi connectivity index (χ4v) is 2.65. The van der Waals surface area contributed by atoms with Gasteiger partial charge in [0, 0.05) is 18.5 Å². The third-order valence-corrected chi connectivity index (χ3v) is 3.62. The molecular formula is C11H17ClN2OS. The van der Waals surface area contributed by atoms with Gasteiger partial charge in [-0.25, -0.2) is 0 Å². The summed E-state index contributed by atoms with van der Waals surface area (Å²) in [5, 5.41) is 7.04. The van der Waals surface area contributed by atoms with Crippen LogP contribution in [0.3, 0.4) is 0 Å². The van der Waals surface area contributed by atoms with Crippen LogP contribution in [0.2, 0.25) is 0 Å². The van der Waals surface area contributed by atoms with Crippen molar-refractivity contribution in [2.45, 2.75) is 31.8 Å². The summed E-state index contributed by atoms with van der Waals surface area (Å²) >= 11 is 1.65. The van der Waals surface area contributed by atoms with E-state index in [4.69, 9.17) is 5.73 Å². The largest absolute Gasteiger partial charge is 0.352 e. The van der Waals surface area contributed by atoms with E-state index in [0.29, 0.717) is 6.54 Å². The molecule has 3 N–H and O–H groups in total. The summed E-state index contributed by atoms with van der Waals surface area (Å²) < 4.78 is 0. The molecule has 1 fully saturated rings. The first-order chi connectivity index (χ1) is 7.25. The van der Waals surface area contributed by atoms with Crippen LogP contribution in [-0.2, 0) is 11.3 Å². The van der Waals surface area contributed by atoms with Crippen LogP contribution in [0.5, 0.6) is 0 Å². The Kier molecular flexibility index (Phi) is 5.25. The van der Waals surface area contributed by atoms with E-state index in [1.54, 1.807) is 11.3 Å². The zero-order chi connectivity index (χ0) is 10.7. The first-order valence-corrected chi connectivity index (χ1v) is 6.24. The van der Waals surface area contributed by atoms with Gasteiger partial charge in [-0.1, -0.05) is 0 Å². The molecule has 0 spiro atoms. The fraction of sp³-hybridized carbons (Fsp3) is 0.545. The SMILES string of the molecule is Cl.NC1CCC(C(=O)NCc2ccsc2)C1. The smallest absolute Gasteiger partial charge is 0.223 e. The van der Waals surface area contributed by atoms with E-state index in [-0.39, 0.29) is 30.3 Å². The summed E-state index contributed by atoms with van der Waals surface area (Å²) in [5.41, 5.74) is 6.95. The third-order valence-electron chi connectivity index (χ3n) is 2.89. The Bertz CT molecular complexity index is 329. The van der Waals surface area contributed by atoms with E-state index < -0.39 is 0 Å². The van der Waals surface area contributed by atoms with Crippen molar-refractivity contribution >= 4 is 29.7 Å². The summed E-state index contributed by atoms with van der Waals surface area (Å²) in [5.74, 6) is 0.299. The lowest BCUT2D eigenvalue weighted by Gasteiger charge is -2.09. The molecule has 5 heteroatoms. The minimum atomic E-state index is 0. The van der Waals surface area contributed by atoms with Crippen LogP contribution in [0, 0.1) is 5.92 Å². The summed E-state index contributed by atoms with van der Waals surface area (Å²) in [4.78, 5) is 11.7. The second-order valence-electron chi connectivity index (χ2n) is 4.12. The number of thiophene rings is 1. The molecule has 1 aromatic rings. The topological polar surface area (TPSA) is 55.1 Å². The molecule has 1 aliphatic rings. The number of carbonyl (C=O) groups is 1. The van der Waals surface area contributed by atoms with Crippen LogP contribution in [-0.4, -0.2) is 11.9 Å². The molecular weight excluding hydrogens is 244 g/mol. The van der Waals surface area contributed by atoms with E-state index in [1.807, 2.05) is 11.4 Å². The van der Waals surface area contributed by atoms with Gasteiger partial charge < -0.3 is 11.1 Å². The van der Waals surface area contributed by atoms with Crippen LogP contribution < -0.4 is 11.1 Å². The lowest BCUT2D eigenvalue weighted by Crippen LogP contribution is -2.29. The number of nitrogens with one attached hydrogen (secondary N) is 1. The van der Waals surface area contributed by atoms with E-state index in [0.717, 1.165) is 19.3 Å². The molecule has 2 unspecified atom stereocenters. The molecule has 1 aromatic heterocycles. The van der Waals surface area contributed by atoms with Gasteiger partial charge in [-0.3, -0.25) is 4.79 Å². The van der Waals surface area contributed by atoms with Gasteiger partial charge in [-0.05, 0) is 41.7 Å². The standard InChI is InChI=1S/C11H16N2OS.ClH/c12-10-2-1-9(5-10)11(14)13-6-8-3-4-15-7-8;/h3-4,7,9-10H,1-2,5-6,12H2,(H,13,14);1H. The minimum Gasteiger partial charge on any atom is -0.352 e. The molecule has 2 atom stereocenters. The molecule has 90 valence electrons. The molecule has 3 nitrogen and oxygen atoms in total. The van der Waals surface area contributed by atoms with Crippen molar-refractivity contribution in [1.82, 2.24) is 5.32 Å². The molecule has 0 aliphatic heterocycles. The van der Waals surface area contributed by atoms with E-state index in [1.165, 1.54) is 5.56 Å². The maximum atomic E-state index is 11.7. The molecule has 16 heavy (non-hydrogen) atoms. The number of hydrogen-bond acceptors (Lipinski definition) is 3. The first-order valence-electron chi connectivity index (χ1n) is 5.30. The van der Waals surface area contributed by atoms with Gasteiger partial charge in [0.05, 0.1) is 0 Å². The van der Waals surface area contributed by atoms with E-state index >= 15 is 0 Å². The molecule has 0 bridgehead atoms. The van der Waals surface area contributed by atoms with Crippen molar-refractivity contribution in [1.29, 1.82) is 0 Å². The number of carbonyl (C=O) groups excluding carboxylic acids is 1. The average Bonchev–Trinajstić information content (AvgIpc) is 2.84. The van der Waals surface area contributed by atoms with Crippen LogP contribution in [0.25, 0.3) is 0 Å². The molecule has 0 radical (unpaired) electrons. The summed E-state index contributed by atoms with van der Waals surface area (Å²) in [6, 6.07) is 2.26. The second-order valence-corrected chi connectivity index (χ2v) is 4.90. The van der Waals surface area contributed by atoms with Gasteiger partial charge >= 0.3 is 0 Å². The molecule has 2 rings (SSSR count). The van der Waals surface area contributed by atoms with Crippen molar-refractivity contribution in [3.05, 3.63) is 22.4 Å². The zero-order valence-corrected chi connectivity index (χ0v) is 10.7. The fourth-order valence-electron chi connectivity index (χ4n) is 1.98. The molecule has 1 aliphatic carbocycles. The highest BCUT2D eigenvalue weighted by molar-refractivity contribution is 7.07. The summed E-state index contributed by atoms with van der Waals surface area (Å²) in [6.45, 7) is 0.647. The highest BCUT2D eigenvalue weighted by atomic mass is 35.5. The average molecular weight is 261 g/mol. The Labute approximate surface area is 106 Å². The normalized spacial score (nSPS) is 23.8. The van der Waals surface area contributed by atoms with Gasteiger partial charge in [-0.15, -0.1) is 12.4 Å². The zero-order valence-electron chi connectivity index (χ0n) is 9.02. The van der Waals surface area contributed by atoms with Crippen molar-refractivity contribution in [2.24, 2.45) is 11.7 Å². The maximum absolute atomic E-state index is 11.7. The van der Waals surface area contributed by atoms with E-state index in [9.17, 15) is 4.79 Å². The van der Waals surface area contributed by atoms with Crippen molar-refractivity contribution in [3.8, 4) is 0 Å². The summed E-state index contributed by atoms with van der Waals surface area (Å²) in [7, 11) is 0. The Balaban J connectivity index is 0.00000128. The van der Waals surface area contributed by atoms with Gasteiger partial charge in [0.15, 0.2) is 0 Å². The Morgan fingerprint density at radius 3 is 2.94 bits per heavy atom. The van der Waals surface area contributed by atoms with Gasteiger partial charge in [0.25, 0.3) is 0 Å². The predicted molar refractivity (Wildman–Crippen MR) is 68.7 cm³/mol. The molecule has 1 amide bonds. The third kappa shape index (κ3) is 3.47. The van der Waals surface area contributed by atoms with Gasteiger partial charge in [0.2, 0.25) is 5.91 Å². The number of halogens is 1. The number of nitrogens with two attached hydrogens (primary N) is 1. The maximum Gasteiger partial charge on any atom is 0.223 e. The van der Waals surface area contributed by atoms with Gasteiger partial charge in [-0.2, -0.15) is 11.3 Å². The first kappa shape index (κ1) is 13.5. The van der Waals surface area contributed by atoms with Crippen LogP contribution in [0.1, 0.15) is 24.8 Å². The Hall–Kier alpha value is -0.580. The lowest BCUT2D eigenvalue weighted by atomic mass is 10.1. The van der Waals surface area contributed by atoms with Crippen LogP contribution in [0.15, 0.2) is 16.8 Å². The molecule has 1 saturated carbocycles. The molecule has 0 aromatic carbocycles. The minimum absolute atomic E-state index is 0.